The van der Waals surface area contributed by atoms with Crippen LogP contribution in [-0.4, -0.2) is 29.0 Å². The van der Waals surface area contributed by atoms with Gasteiger partial charge < -0.3 is 9.30 Å². The van der Waals surface area contributed by atoms with Crippen molar-refractivity contribution in [2.45, 2.75) is 12.2 Å². The molecule has 0 amide bonds. The van der Waals surface area contributed by atoms with Crippen molar-refractivity contribution in [2.24, 2.45) is 0 Å². The Bertz CT molecular complexity index is 470. The summed E-state index contributed by atoms with van der Waals surface area (Å²) < 4.78 is 7.22. The van der Waals surface area contributed by atoms with Crippen LogP contribution in [0.2, 0.25) is 0 Å². The lowest BCUT2D eigenvalue weighted by atomic mass is 10.3. The molecular weight excluding hydrogens is 244 g/mol. The SMILES string of the molecule is COCCSC(C)c1nccn1-c1ccccc1. The molecule has 2 rings (SSSR count). The van der Waals surface area contributed by atoms with Gasteiger partial charge in [-0.15, -0.1) is 11.8 Å². The largest absolute Gasteiger partial charge is 0.384 e. The Balaban J connectivity index is 2.12. The maximum absolute atomic E-state index is 5.08. The number of benzene rings is 1. The molecule has 0 N–H and O–H groups in total. The first-order chi connectivity index (χ1) is 8.83. The topological polar surface area (TPSA) is 27.1 Å². The number of imidazole rings is 1. The van der Waals surface area contributed by atoms with Crippen molar-refractivity contribution in [3.63, 3.8) is 0 Å². The molecule has 0 spiro atoms. The molecule has 1 heterocycles. The summed E-state index contributed by atoms with van der Waals surface area (Å²) in [7, 11) is 1.73. The Labute approximate surface area is 112 Å². The van der Waals surface area contributed by atoms with Crippen LogP contribution in [0.5, 0.6) is 0 Å². The molecule has 1 aromatic heterocycles. The first-order valence-corrected chi connectivity index (χ1v) is 7.07. The molecule has 1 aromatic carbocycles. The van der Waals surface area contributed by atoms with Crippen LogP contribution in [0, 0.1) is 0 Å². The number of ether oxygens (including phenoxy) is 1. The summed E-state index contributed by atoms with van der Waals surface area (Å²) in [6, 6.07) is 10.3. The number of hydrogen-bond donors (Lipinski definition) is 0. The van der Waals surface area contributed by atoms with Crippen molar-refractivity contribution in [1.82, 2.24) is 9.55 Å². The molecule has 3 nitrogen and oxygen atoms in total. The minimum Gasteiger partial charge on any atom is -0.384 e. The van der Waals surface area contributed by atoms with E-state index in [1.807, 2.05) is 42.4 Å². The molecule has 0 aliphatic carbocycles. The van der Waals surface area contributed by atoms with E-state index in [9.17, 15) is 0 Å². The summed E-state index contributed by atoms with van der Waals surface area (Å²) in [5, 5.41) is 0.357. The molecule has 2 aromatic rings. The summed E-state index contributed by atoms with van der Waals surface area (Å²) in [5.74, 6) is 2.07. The molecule has 0 radical (unpaired) electrons. The van der Waals surface area contributed by atoms with E-state index in [1.165, 1.54) is 0 Å². The van der Waals surface area contributed by atoms with Gasteiger partial charge in [0.15, 0.2) is 0 Å². The van der Waals surface area contributed by atoms with Gasteiger partial charge in [0, 0.05) is 30.9 Å². The number of nitrogens with zero attached hydrogens (tertiary/aromatic N) is 2. The van der Waals surface area contributed by atoms with Crippen LogP contribution >= 0.6 is 11.8 Å². The zero-order valence-electron chi connectivity index (χ0n) is 10.7. The van der Waals surface area contributed by atoms with Gasteiger partial charge in [-0.05, 0) is 19.1 Å². The smallest absolute Gasteiger partial charge is 0.126 e. The number of para-hydroxylation sites is 1. The van der Waals surface area contributed by atoms with Gasteiger partial charge in [0.2, 0.25) is 0 Å². The maximum Gasteiger partial charge on any atom is 0.126 e. The van der Waals surface area contributed by atoms with Gasteiger partial charge in [0.1, 0.15) is 5.82 Å². The average Bonchev–Trinajstić information content (AvgIpc) is 2.89. The molecule has 18 heavy (non-hydrogen) atoms. The van der Waals surface area contributed by atoms with Crippen molar-refractivity contribution >= 4 is 11.8 Å². The Morgan fingerprint density at radius 1 is 1.33 bits per heavy atom. The fourth-order valence-electron chi connectivity index (χ4n) is 1.81. The molecule has 1 unspecified atom stereocenters. The van der Waals surface area contributed by atoms with Crippen LogP contribution in [0.1, 0.15) is 18.0 Å². The maximum atomic E-state index is 5.08. The predicted molar refractivity (Wildman–Crippen MR) is 76.3 cm³/mol. The molecule has 0 saturated carbocycles. The average molecular weight is 262 g/mol. The number of thioether (sulfide) groups is 1. The van der Waals surface area contributed by atoms with E-state index < -0.39 is 0 Å². The van der Waals surface area contributed by atoms with Crippen molar-refractivity contribution in [3.05, 3.63) is 48.5 Å². The molecule has 0 aliphatic rings. The first kappa shape index (κ1) is 13.2. The highest BCUT2D eigenvalue weighted by Crippen LogP contribution is 2.28. The molecule has 0 fully saturated rings. The third-order valence-electron chi connectivity index (χ3n) is 2.72. The minimum atomic E-state index is 0.357. The van der Waals surface area contributed by atoms with E-state index in [4.69, 9.17) is 4.74 Å². The molecule has 4 heteroatoms. The second kappa shape index (κ2) is 6.61. The highest BCUT2D eigenvalue weighted by molar-refractivity contribution is 7.99. The summed E-state index contributed by atoms with van der Waals surface area (Å²) in [6.45, 7) is 2.96. The minimum absolute atomic E-state index is 0.357. The van der Waals surface area contributed by atoms with E-state index in [-0.39, 0.29) is 0 Å². The fraction of sp³-hybridized carbons (Fsp3) is 0.357. The molecule has 0 saturated heterocycles. The standard InChI is InChI=1S/C14H18N2OS/c1-12(18-11-10-17-2)14-15-8-9-16(14)13-6-4-3-5-7-13/h3-9,12H,10-11H2,1-2H3. The number of rotatable bonds is 6. The Morgan fingerprint density at radius 3 is 2.83 bits per heavy atom. The Morgan fingerprint density at radius 2 is 2.11 bits per heavy atom. The summed E-state index contributed by atoms with van der Waals surface area (Å²) in [5.41, 5.74) is 1.16. The zero-order chi connectivity index (χ0) is 12.8. The molecule has 0 aliphatic heterocycles. The number of hydrogen-bond acceptors (Lipinski definition) is 3. The van der Waals surface area contributed by atoms with E-state index in [0.29, 0.717) is 5.25 Å². The molecule has 96 valence electrons. The van der Waals surface area contributed by atoms with Gasteiger partial charge in [-0.25, -0.2) is 4.98 Å². The Kier molecular flexibility index (Phi) is 4.84. The third kappa shape index (κ3) is 3.15. The quantitative estimate of drug-likeness (QED) is 0.747. The second-order valence-electron chi connectivity index (χ2n) is 4.00. The number of methoxy groups -OCH3 is 1. The summed E-state index contributed by atoms with van der Waals surface area (Å²) in [6.07, 6.45) is 3.87. The second-order valence-corrected chi connectivity index (χ2v) is 5.45. The third-order valence-corrected chi connectivity index (χ3v) is 3.84. The summed E-state index contributed by atoms with van der Waals surface area (Å²) >= 11 is 1.86. The van der Waals surface area contributed by atoms with Crippen molar-refractivity contribution in [3.8, 4) is 5.69 Å². The van der Waals surface area contributed by atoms with Gasteiger partial charge in [0.25, 0.3) is 0 Å². The van der Waals surface area contributed by atoms with Crippen LogP contribution in [0.4, 0.5) is 0 Å². The van der Waals surface area contributed by atoms with Crippen molar-refractivity contribution < 1.29 is 4.74 Å². The van der Waals surface area contributed by atoms with Crippen LogP contribution < -0.4 is 0 Å². The van der Waals surface area contributed by atoms with Gasteiger partial charge in [-0.2, -0.15) is 0 Å². The lowest BCUT2D eigenvalue weighted by molar-refractivity contribution is 0.218. The van der Waals surface area contributed by atoms with Gasteiger partial charge in [0.05, 0.1) is 11.9 Å². The predicted octanol–water partition coefficient (Wildman–Crippen LogP) is 3.31. The van der Waals surface area contributed by atoms with Crippen LogP contribution in [0.25, 0.3) is 5.69 Å². The van der Waals surface area contributed by atoms with Crippen LogP contribution in [-0.2, 0) is 4.74 Å². The number of aromatic nitrogens is 2. The lowest BCUT2D eigenvalue weighted by Gasteiger charge is -2.13. The molecule has 1 atom stereocenters. The van der Waals surface area contributed by atoms with E-state index in [1.54, 1.807) is 7.11 Å². The van der Waals surface area contributed by atoms with E-state index in [0.717, 1.165) is 23.9 Å². The molecule has 0 bridgehead atoms. The normalized spacial score (nSPS) is 12.6. The fourth-order valence-corrected chi connectivity index (χ4v) is 2.75. The van der Waals surface area contributed by atoms with E-state index >= 15 is 0 Å². The first-order valence-electron chi connectivity index (χ1n) is 6.02. The van der Waals surface area contributed by atoms with Crippen molar-refractivity contribution in [1.29, 1.82) is 0 Å². The van der Waals surface area contributed by atoms with Gasteiger partial charge in [-0.1, -0.05) is 18.2 Å². The highest BCUT2D eigenvalue weighted by Gasteiger charge is 2.13. The van der Waals surface area contributed by atoms with Gasteiger partial charge >= 0.3 is 0 Å². The monoisotopic (exact) mass is 262 g/mol. The lowest BCUT2D eigenvalue weighted by Crippen LogP contribution is -2.04. The van der Waals surface area contributed by atoms with Gasteiger partial charge in [-0.3, -0.25) is 0 Å². The molecular formula is C14H18N2OS. The summed E-state index contributed by atoms with van der Waals surface area (Å²) in [4.78, 5) is 4.47. The van der Waals surface area contributed by atoms with Crippen LogP contribution in [0.15, 0.2) is 42.7 Å². The Hall–Kier alpha value is -1.26. The van der Waals surface area contributed by atoms with Crippen molar-refractivity contribution in [2.75, 3.05) is 19.5 Å². The zero-order valence-corrected chi connectivity index (χ0v) is 11.6. The van der Waals surface area contributed by atoms with E-state index in [2.05, 4.69) is 28.6 Å². The highest BCUT2D eigenvalue weighted by atomic mass is 32.2. The van der Waals surface area contributed by atoms with Crippen LogP contribution in [0.3, 0.4) is 0 Å².